The average molecular weight is 413 g/mol. The minimum atomic E-state index is -0.208. The van der Waals surface area contributed by atoms with E-state index < -0.39 is 0 Å². The molecule has 0 aromatic heterocycles. The van der Waals surface area contributed by atoms with Crippen LogP contribution < -0.4 is 4.74 Å². The molecule has 2 N–H and O–H groups in total. The zero-order chi connectivity index (χ0) is 22.5. The molecule has 0 saturated heterocycles. The van der Waals surface area contributed by atoms with Crippen molar-refractivity contribution < 1.29 is 14.9 Å². The molecule has 1 aromatic carbocycles. The van der Waals surface area contributed by atoms with Gasteiger partial charge < -0.3 is 14.9 Å². The highest BCUT2D eigenvalue weighted by atomic mass is 16.5. The van der Waals surface area contributed by atoms with E-state index in [1.165, 1.54) is 29.4 Å². The van der Waals surface area contributed by atoms with Gasteiger partial charge in [-0.15, -0.1) is 0 Å². The van der Waals surface area contributed by atoms with Crippen LogP contribution in [0.3, 0.4) is 0 Å². The Labute approximate surface area is 183 Å². The highest BCUT2D eigenvalue weighted by molar-refractivity contribution is 5.52. The number of rotatable bonds is 12. The molecule has 0 fully saturated rings. The van der Waals surface area contributed by atoms with E-state index >= 15 is 0 Å². The number of phenols is 2. The van der Waals surface area contributed by atoms with E-state index in [0.29, 0.717) is 12.2 Å². The summed E-state index contributed by atoms with van der Waals surface area (Å²) in [6.07, 6.45) is 16.5. The lowest BCUT2D eigenvalue weighted by Crippen LogP contribution is -1.89. The lowest BCUT2D eigenvalue weighted by atomic mass is 10.0. The molecule has 166 valence electrons. The van der Waals surface area contributed by atoms with Crippen LogP contribution in [-0.4, -0.2) is 17.3 Å². The first-order chi connectivity index (χ1) is 14.2. The molecule has 0 aliphatic rings. The molecule has 0 spiro atoms. The molecular weight excluding hydrogens is 372 g/mol. The van der Waals surface area contributed by atoms with Crippen molar-refractivity contribution in [3.05, 3.63) is 64.3 Å². The second kappa shape index (κ2) is 13.7. The van der Waals surface area contributed by atoms with Gasteiger partial charge in [0.25, 0.3) is 0 Å². The Bertz CT molecular complexity index is 791. The smallest absolute Gasteiger partial charge is 0.200 e. The molecule has 0 amide bonds. The topological polar surface area (TPSA) is 49.7 Å². The highest BCUT2D eigenvalue weighted by Gasteiger charge is 2.08. The van der Waals surface area contributed by atoms with E-state index in [0.717, 1.165) is 44.1 Å². The lowest BCUT2D eigenvalue weighted by molar-refractivity contribution is 0.350. The Kier molecular flexibility index (Phi) is 11.7. The Morgan fingerprint density at radius 1 is 0.767 bits per heavy atom. The van der Waals surface area contributed by atoms with E-state index in [9.17, 15) is 10.2 Å². The maximum absolute atomic E-state index is 9.78. The molecule has 0 aliphatic heterocycles. The number of ether oxygens (including phenoxy) is 1. The number of benzene rings is 1. The molecule has 3 heteroatoms. The number of hydrogen-bond acceptors (Lipinski definition) is 3. The van der Waals surface area contributed by atoms with Crippen LogP contribution in [0.4, 0.5) is 0 Å². The molecule has 1 aromatic rings. The van der Waals surface area contributed by atoms with Crippen molar-refractivity contribution in [2.75, 3.05) is 7.11 Å². The van der Waals surface area contributed by atoms with Gasteiger partial charge in [-0.2, -0.15) is 0 Å². The third-order valence-corrected chi connectivity index (χ3v) is 5.17. The third-order valence-electron chi connectivity index (χ3n) is 5.17. The van der Waals surface area contributed by atoms with Crippen molar-refractivity contribution in [1.29, 1.82) is 0 Å². The average Bonchev–Trinajstić information content (AvgIpc) is 2.68. The molecular formula is C27H40O3. The summed E-state index contributed by atoms with van der Waals surface area (Å²) in [6.45, 7) is 10.9. The van der Waals surface area contributed by atoms with Crippen LogP contribution in [0.1, 0.15) is 78.7 Å². The van der Waals surface area contributed by atoms with Gasteiger partial charge in [-0.25, -0.2) is 0 Å². The van der Waals surface area contributed by atoms with Gasteiger partial charge >= 0.3 is 0 Å². The van der Waals surface area contributed by atoms with Crippen LogP contribution in [-0.2, 0) is 6.42 Å². The van der Waals surface area contributed by atoms with Gasteiger partial charge in [0.05, 0.1) is 7.11 Å². The van der Waals surface area contributed by atoms with Crippen LogP contribution in [0.2, 0.25) is 0 Å². The summed E-state index contributed by atoms with van der Waals surface area (Å²) in [5, 5.41) is 19.5. The maximum Gasteiger partial charge on any atom is 0.200 e. The standard InChI is InChI=1S/C27H40O3/c1-20(2)10-7-11-21(3)12-8-13-22(4)14-9-15-23(5)16-17-24-18-25(28)27(29)26(19-24)30-6/h10,12,14,16,18-19,28-29H,7-9,11,13,15,17H2,1-6H3. The van der Waals surface area contributed by atoms with Gasteiger partial charge in [-0.1, -0.05) is 46.6 Å². The molecule has 0 radical (unpaired) electrons. The molecule has 1 rings (SSSR count). The van der Waals surface area contributed by atoms with Crippen molar-refractivity contribution in [1.82, 2.24) is 0 Å². The summed E-state index contributed by atoms with van der Waals surface area (Å²) >= 11 is 0. The maximum atomic E-state index is 9.78. The van der Waals surface area contributed by atoms with Crippen LogP contribution in [0.15, 0.2) is 58.7 Å². The predicted molar refractivity (Wildman–Crippen MR) is 128 cm³/mol. The Balaban J connectivity index is 2.41. The Morgan fingerprint density at radius 3 is 1.77 bits per heavy atom. The molecule has 0 aliphatic carbocycles. The summed E-state index contributed by atoms with van der Waals surface area (Å²) in [5.41, 5.74) is 6.56. The van der Waals surface area contributed by atoms with Crippen molar-refractivity contribution in [2.45, 2.75) is 79.6 Å². The SMILES string of the molecule is COc1cc(CC=C(C)CCC=C(C)CCC=C(C)CCC=C(C)C)cc(O)c1O. The van der Waals surface area contributed by atoms with Gasteiger partial charge in [0.15, 0.2) is 11.5 Å². The normalized spacial score (nSPS) is 12.8. The molecule has 0 saturated carbocycles. The van der Waals surface area contributed by atoms with E-state index in [1.54, 1.807) is 12.1 Å². The second-order valence-corrected chi connectivity index (χ2v) is 8.42. The molecule has 30 heavy (non-hydrogen) atoms. The highest BCUT2D eigenvalue weighted by Crippen LogP contribution is 2.36. The summed E-state index contributed by atoms with van der Waals surface area (Å²) < 4.78 is 5.09. The van der Waals surface area contributed by atoms with Gasteiger partial charge in [-0.3, -0.25) is 0 Å². The molecule has 0 atom stereocenters. The summed E-state index contributed by atoms with van der Waals surface area (Å²) in [4.78, 5) is 0. The van der Waals surface area contributed by atoms with Gasteiger partial charge in [0, 0.05) is 0 Å². The van der Waals surface area contributed by atoms with E-state index in [4.69, 9.17) is 4.74 Å². The fourth-order valence-corrected chi connectivity index (χ4v) is 3.20. The molecule has 0 heterocycles. The fraction of sp³-hybridized carbons (Fsp3) is 0.481. The van der Waals surface area contributed by atoms with Crippen molar-refractivity contribution in [2.24, 2.45) is 0 Å². The first-order valence-electron chi connectivity index (χ1n) is 10.9. The third kappa shape index (κ3) is 10.4. The monoisotopic (exact) mass is 412 g/mol. The van der Waals surface area contributed by atoms with Crippen LogP contribution >= 0.6 is 0 Å². The van der Waals surface area contributed by atoms with E-state index in [1.807, 2.05) is 0 Å². The van der Waals surface area contributed by atoms with Gasteiger partial charge in [0.1, 0.15) is 0 Å². The molecule has 3 nitrogen and oxygen atoms in total. The zero-order valence-corrected chi connectivity index (χ0v) is 19.7. The zero-order valence-electron chi connectivity index (χ0n) is 19.7. The number of phenolic OH excluding ortho intramolecular Hbond substituents is 2. The minimum absolute atomic E-state index is 0.143. The van der Waals surface area contributed by atoms with E-state index in [-0.39, 0.29) is 11.5 Å². The van der Waals surface area contributed by atoms with Crippen LogP contribution in [0, 0.1) is 0 Å². The molecule has 0 bridgehead atoms. The predicted octanol–water partition coefficient (Wildman–Crippen LogP) is 7.79. The van der Waals surface area contributed by atoms with Crippen LogP contribution in [0.5, 0.6) is 17.2 Å². The van der Waals surface area contributed by atoms with Crippen molar-refractivity contribution >= 4 is 0 Å². The number of aromatic hydroxyl groups is 2. The quantitative estimate of drug-likeness (QED) is 0.272. The summed E-state index contributed by atoms with van der Waals surface area (Å²) in [7, 11) is 1.48. The summed E-state index contributed by atoms with van der Waals surface area (Å²) in [5.74, 6) is -0.0495. The fourth-order valence-electron chi connectivity index (χ4n) is 3.20. The Morgan fingerprint density at radius 2 is 1.27 bits per heavy atom. The van der Waals surface area contributed by atoms with Gasteiger partial charge in [-0.05, 0) is 97.3 Å². The van der Waals surface area contributed by atoms with E-state index in [2.05, 4.69) is 58.9 Å². The first kappa shape index (κ1) is 25.6. The van der Waals surface area contributed by atoms with Crippen molar-refractivity contribution in [3.63, 3.8) is 0 Å². The molecule has 0 unspecified atom stereocenters. The van der Waals surface area contributed by atoms with Crippen LogP contribution in [0.25, 0.3) is 0 Å². The number of methoxy groups -OCH3 is 1. The summed E-state index contributed by atoms with van der Waals surface area (Å²) in [6, 6.07) is 3.35. The first-order valence-corrected chi connectivity index (χ1v) is 10.9. The number of hydrogen-bond donors (Lipinski definition) is 2. The van der Waals surface area contributed by atoms with Crippen molar-refractivity contribution in [3.8, 4) is 17.2 Å². The number of allylic oxidation sites excluding steroid dienone is 8. The lowest BCUT2D eigenvalue weighted by Gasteiger charge is -2.08. The largest absolute Gasteiger partial charge is 0.504 e. The van der Waals surface area contributed by atoms with Gasteiger partial charge in [0.2, 0.25) is 5.75 Å². The minimum Gasteiger partial charge on any atom is -0.504 e. The Hall–Kier alpha value is -2.42. The second-order valence-electron chi connectivity index (χ2n) is 8.42.